The van der Waals surface area contributed by atoms with Crippen LogP contribution in [0.1, 0.15) is 42.0 Å². The van der Waals surface area contributed by atoms with Crippen LogP contribution in [0.4, 0.5) is 43.8 Å². The maximum atomic E-state index is 13.3. The second kappa shape index (κ2) is 8.05. The van der Waals surface area contributed by atoms with Gasteiger partial charge in [0, 0.05) is 25.1 Å². The number of rotatable bonds is 7. The molecular formula is C18H18F6N4O. The van der Waals surface area contributed by atoms with Crippen LogP contribution in [0, 0.1) is 0 Å². The van der Waals surface area contributed by atoms with Gasteiger partial charge in [0.1, 0.15) is 5.82 Å². The summed E-state index contributed by atoms with van der Waals surface area (Å²) in [5, 5.41) is 14.2. The average molecular weight is 420 g/mol. The molecule has 29 heavy (non-hydrogen) atoms. The fourth-order valence-corrected chi connectivity index (χ4v) is 2.68. The summed E-state index contributed by atoms with van der Waals surface area (Å²) in [6.07, 6.45) is -7.67. The zero-order chi connectivity index (χ0) is 21.2. The Morgan fingerprint density at radius 3 is 2.31 bits per heavy atom. The first-order valence-corrected chi connectivity index (χ1v) is 8.87. The summed E-state index contributed by atoms with van der Waals surface area (Å²) in [5.74, 6) is 0.385. The first-order chi connectivity index (χ1) is 13.6. The molecule has 2 aromatic rings. The Hall–Kier alpha value is -2.56. The monoisotopic (exact) mass is 420 g/mol. The van der Waals surface area contributed by atoms with Crippen molar-refractivity contribution in [1.29, 1.82) is 0 Å². The Morgan fingerprint density at radius 2 is 1.72 bits per heavy atom. The Bertz CT molecular complexity index is 864. The van der Waals surface area contributed by atoms with Crippen LogP contribution in [0.5, 0.6) is 0 Å². The van der Waals surface area contributed by atoms with E-state index in [-0.39, 0.29) is 30.4 Å². The highest BCUT2D eigenvalue weighted by atomic mass is 19.4. The van der Waals surface area contributed by atoms with Crippen LogP contribution in [-0.2, 0) is 12.4 Å². The number of hydrogen-bond donors (Lipinski definition) is 3. The normalized spacial score (nSPS) is 14.7. The van der Waals surface area contributed by atoms with Crippen molar-refractivity contribution in [1.82, 2.24) is 9.97 Å². The predicted molar refractivity (Wildman–Crippen MR) is 93.9 cm³/mol. The quantitative estimate of drug-likeness (QED) is 0.438. The number of aliphatic hydroxyl groups is 1. The van der Waals surface area contributed by atoms with Crippen LogP contribution in [0.2, 0.25) is 0 Å². The lowest BCUT2D eigenvalue weighted by Gasteiger charge is -2.17. The molecule has 1 aromatic carbocycles. The minimum absolute atomic E-state index is 0.0404. The summed E-state index contributed by atoms with van der Waals surface area (Å²) >= 11 is 0. The van der Waals surface area contributed by atoms with Crippen molar-refractivity contribution < 1.29 is 31.4 Å². The van der Waals surface area contributed by atoms with Gasteiger partial charge in [0.05, 0.1) is 22.5 Å². The third-order valence-electron chi connectivity index (χ3n) is 4.27. The summed E-state index contributed by atoms with van der Waals surface area (Å²) in [6.45, 7) is 0.305. The molecule has 1 fully saturated rings. The second-order valence-electron chi connectivity index (χ2n) is 6.66. The molecule has 0 saturated heterocycles. The summed E-state index contributed by atoms with van der Waals surface area (Å²) in [5.41, 5.74) is -2.72. The maximum Gasteiger partial charge on any atom is 0.418 e. The van der Waals surface area contributed by atoms with E-state index < -0.39 is 29.2 Å². The van der Waals surface area contributed by atoms with Gasteiger partial charge in [0.15, 0.2) is 0 Å². The smallest absolute Gasteiger partial charge is 0.396 e. The fourth-order valence-electron chi connectivity index (χ4n) is 2.68. The van der Waals surface area contributed by atoms with Crippen LogP contribution >= 0.6 is 0 Å². The lowest BCUT2D eigenvalue weighted by atomic mass is 10.1. The van der Waals surface area contributed by atoms with Gasteiger partial charge in [-0.25, -0.2) is 4.98 Å². The first kappa shape index (κ1) is 21.2. The number of halogens is 6. The molecule has 3 rings (SSSR count). The van der Waals surface area contributed by atoms with Gasteiger partial charge in [-0.1, -0.05) is 0 Å². The van der Waals surface area contributed by atoms with Gasteiger partial charge in [-0.05, 0) is 37.5 Å². The van der Waals surface area contributed by atoms with E-state index in [0.717, 1.165) is 18.9 Å². The molecule has 5 nitrogen and oxygen atoms in total. The van der Waals surface area contributed by atoms with Crippen molar-refractivity contribution in [2.75, 3.05) is 23.8 Å². The number of nitrogens with zero attached hydrogens (tertiary/aromatic N) is 2. The van der Waals surface area contributed by atoms with Crippen molar-refractivity contribution in [3.05, 3.63) is 41.1 Å². The SMILES string of the molecule is OCCCNc1nc(Nc2ccc(C(F)(F)F)cc2C(F)(F)F)cc(C2CC2)n1. The molecule has 0 unspecified atom stereocenters. The number of aromatic nitrogens is 2. The van der Waals surface area contributed by atoms with Crippen LogP contribution in [-0.4, -0.2) is 28.2 Å². The molecular weight excluding hydrogens is 402 g/mol. The molecule has 0 radical (unpaired) electrons. The van der Waals surface area contributed by atoms with E-state index in [1.165, 1.54) is 6.07 Å². The third kappa shape index (κ3) is 5.49. The van der Waals surface area contributed by atoms with E-state index >= 15 is 0 Å². The summed E-state index contributed by atoms with van der Waals surface area (Å²) in [6, 6.07) is 2.89. The summed E-state index contributed by atoms with van der Waals surface area (Å²) in [4.78, 5) is 8.41. The minimum Gasteiger partial charge on any atom is -0.396 e. The Kier molecular flexibility index (Phi) is 5.87. The molecule has 1 aliphatic rings. The summed E-state index contributed by atoms with van der Waals surface area (Å²) < 4.78 is 78.5. The second-order valence-corrected chi connectivity index (χ2v) is 6.66. The molecule has 0 bridgehead atoms. The van der Waals surface area contributed by atoms with E-state index in [9.17, 15) is 26.3 Å². The van der Waals surface area contributed by atoms with Crippen LogP contribution in [0.25, 0.3) is 0 Å². The largest absolute Gasteiger partial charge is 0.418 e. The van der Waals surface area contributed by atoms with Gasteiger partial charge < -0.3 is 15.7 Å². The molecule has 158 valence electrons. The van der Waals surface area contributed by atoms with E-state index in [2.05, 4.69) is 20.6 Å². The van der Waals surface area contributed by atoms with Crippen LogP contribution in [0.15, 0.2) is 24.3 Å². The number of aliphatic hydroxyl groups excluding tert-OH is 1. The number of hydrogen-bond acceptors (Lipinski definition) is 5. The third-order valence-corrected chi connectivity index (χ3v) is 4.27. The highest BCUT2D eigenvalue weighted by Gasteiger charge is 2.38. The highest BCUT2D eigenvalue weighted by Crippen LogP contribution is 2.42. The van der Waals surface area contributed by atoms with E-state index in [1.54, 1.807) is 0 Å². The zero-order valence-corrected chi connectivity index (χ0v) is 15.0. The fraction of sp³-hybridized carbons (Fsp3) is 0.444. The molecule has 0 amide bonds. The van der Waals surface area contributed by atoms with Gasteiger partial charge in [-0.3, -0.25) is 0 Å². The maximum absolute atomic E-state index is 13.3. The molecule has 1 saturated carbocycles. The molecule has 1 aliphatic carbocycles. The van der Waals surface area contributed by atoms with Gasteiger partial charge >= 0.3 is 12.4 Å². The van der Waals surface area contributed by atoms with Crippen molar-refractivity contribution >= 4 is 17.5 Å². The van der Waals surface area contributed by atoms with Crippen LogP contribution in [0.3, 0.4) is 0 Å². The lowest BCUT2D eigenvalue weighted by molar-refractivity contribution is -0.142. The molecule has 1 aromatic heterocycles. The van der Waals surface area contributed by atoms with Gasteiger partial charge in [0.2, 0.25) is 5.95 Å². The van der Waals surface area contributed by atoms with E-state index in [1.807, 2.05) is 0 Å². The number of anilines is 3. The Labute approximate surface area is 162 Å². The highest BCUT2D eigenvalue weighted by molar-refractivity contribution is 5.63. The van der Waals surface area contributed by atoms with Crippen molar-refractivity contribution in [3.8, 4) is 0 Å². The lowest BCUT2D eigenvalue weighted by Crippen LogP contribution is -2.14. The molecule has 11 heteroatoms. The van der Waals surface area contributed by atoms with Gasteiger partial charge in [-0.15, -0.1) is 0 Å². The summed E-state index contributed by atoms with van der Waals surface area (Å²) in [7, 11) is 0. The molecule has 0 aliphatic heterocycles. The Morgan fingerprint density at radius 1 is 1.00 bits per heavy atom. The predicted octanol–water partition coefficient (Wildman–Crippen LogP) is 4.93. The van der Waals surface area contributed by atoms with Crippen molar-refractivity contribution in [2.45, 2.75) is 37.5 Å². The number of nitrogens with one attached hydrogen (secondary N) is 2. The van der Waals surface area contributed by atoms with Crippen molar-refractivity contribution in [3.63, 3.8) is 0 Å². The zero-order valence-electron chi connectivity index (χ0n) is 15.0. The average Bonchev–Trinajstić information content (AvgIpc) is 3.45. The minimum atomic E-state index is -4.99. The molecule has 3 N–H and O–H groups in total. The first-order valence-electron chi connectivity index (χ1n) is 8.87. The van der Waals surface area contributed by atoms with Crippen LogP contribution < -0.4 is 10.6 Å². The Balaban J connectivity index is 1.94. The van der Waals surface area contributed by atoms with E-state index in [4.69, 9.17) is 5.11 Å². The molecule has 1 heterocycles. The molecule has 0 spiro atoms. The van der Waals surface area contributed by atoms with E-state index in [0.29, 0.717) is 24.7 Å². The number of benzene rings is 1. The van der Waals surface area contributed by atoms with Gasteiger partial charge in [-0.2, -0.15) is 31.3 Å². The standard InChI is InChI=1S/C18H18F6N4O/c19-17(20,21)11-4-5-13(12(8-11)18(22,23)24)26-15-9-14(10-2-3-10)27-16(28-15)25-6-1-7-29/h4-5,8-10,29H,1-3,6-7H2,(H2,25,26,27,28). The van der Waals surface area contributed by atoms with Crippen molar-refractivity contribution in [2.24, 2.45) is 0 Å². The van der Waals surface area contributed by atoms with Gasteiger partial charge in [0.25, 0.3) is 0 Å². The number of alkyl halides is 6. The molecule has 0 atom stereocenters. The topological polar surface area (TPSA) is 70.1 Å².